The van der Waals surface area contributed by atoms with E-state index < -0.39 is 0 Å². The third-order valence-corrected chi connectivity index (χ3v) is 3.05. The molecule has 1 rings (SSSR count). The summed E-state index contributed by atoms with van der Waals surface area (Å²) in [5, 5.41) is 3.35. The van der Waals surface area contributed by atoms with Crippen molar-refractivity contribution < 1.29 is 4.79 Å². The summed E-state index contributed by atoms with van der Waals surface area (Å²) >= 11 is 0. The van der Waals surface area contributed by atoms with Gasteiger partial charge in [0, 0.05) is 32.0 Å². The molecule has 0 spiro atoms. The molecule has 0 saturated heterocycles. The second-order valence-electron chi connectivity index (χ2n) is 4.97. The van der Waals surface area contributed by atoms with Crippen molar-refractivity contribution in [3.63, 3.8) is 0 Å². The first-order valence-corrected chi connectivity index (χ1v) is 6.65. The number of likely N-dealkylation sites (N-methyl/N-ethyl adjacent to an activating group) is 1. The molecular weight excluding hydrogens is 226 g/mol. The lowest BCUT2D eigenvalue weighted by Crippen LogP contribution is -2.35. The molecule has 0 aliphatic heterocycles. The van der Waals surface area contributed by atoms with Gasteiger partial charge in [-0.25, -0.2) is 0 Å². The van der Waals surface area contributed by atoms with Gasteiger partial charge in [0.15, 0.2) is 0 Å². The van der Waals surface area contributed by atoms with Gasteiger partial charge >= 0.3 is 0 Å². The lowest BCUT2D eigenvalue weighted by molar-refractivity contribution is -0.131. The SMILES string of the molecule is CCCNCc1ccn(CC(=O)N(C)C(C)C)c1. The number of rotatable bonds is 7. The van der Waals surface area contributed by atoms with Gasteiger partial charge < -0.3 is 14.8 Å². The summed E-state index contributed by atoms with van der Waals surface area (Å²) in [5.41, 5.74) is 1.23. The molecule has 0 aromatic carbocycles. The maximum atomic E-state index is 11.9. The van der Waals surface area contributed by atoms with Crippen LogP contribution in [0.2, 0.25) is 0 Å². The number of hydrogen-bond donors (Lipinski definition) is 1. The van der Waals surface area contributed by atoms with Crippen molar-refractivity contribution in [1.82, 2.24) is 14.8 Å². The molecule has 1 aromatic rings. The molecule has 0 radical (unpaired) electrons. The first-order chi connectivity index (χ1) is 8.54. The van der Waals surface area contributed by atoms with Crippen LogP contribution in [0.15, 0.2) is 18.5 Å². The predicted molar refractivity (Wildman–Crippen MR) is 74.3 cm³/mol. The van der Waals surface area contributed by atoms with Crippen molar-refractivity contribution in [2.75, 3.05) is 13.6 Å². The highest BCUT2D eigenvalue weighted by atomic mass is 16.2. The molecule has 0 saturated carbocycles. The third kappa shape index (κ3) is 4.53. The Morgan fingerprint density at radius 3 is 2.83 bits per heavy atom. The average Bonchev–Trinajstić information content (AvgIpc) is 2.76. The zero-order valence-corrected chi connectivity index (χ0v) is 11.9. The number of nitrogens with zero attached hydrogens (tertiary/aromatic N) is 2. The predicted octanol–water partition coefficient (Wildman–Crippen LogP) is 1.85. The van der Waals surface area contributed by atoms with Gasteiger partial charge in [-0.2, -0.15) is 0 Å². The van der Waals surface area contributed by atoms with Crippen molar-refractivity contribution in [3.05, 3.63) is 24.0 Å². The van der Waals surface area contributed by atoms with Gasteiger partial charge in [-0.3, -0.25) is 4.79 Å². The Morgan fingerprint density at radius 2 is 2.22 bits per heavy atom. The van der Waals surface area contributed by atoms with E-state index in [9.17, 15) is 4.79 Å². The normalized spacial score (nSPS) is 10.9. The zero-order valence-electron chi connectivity index (χ0n) is 11.9. The second-order valence-corrected chi connectivity index (χ2v) is 4.97. The minimum atomic E-state index is 0.147. The van der Waals surface area contributed by atoms with Crippen LogP contribution in [0, 0.1) is 0 Å². The van der Waals surface area contributed by atoms with E-state index in [1.165, 1.54) is 5.56 Å². The number of carbonyl (C=O) groups excluding carboxylic acids is 1. The van der Waals surface area contributed by atoms with Crippen molar-refractivity contribution >= 4 is 5.91 Å². The number of carbonyl (C=O) groups is 1. The average molecular weight is 251 g/mol. The van der Waals surface area contributed by atoms with Crippen molar-refractivity contribution in [2.45, 2.75) is 46.3 Å². The van der Waals surface area contributed by atoms with Crippen LogP contribution in [0.5, 0.6) is 0 Å². The number of nitrogens with one attached hydrogen (secondary N) is 1. The zero-order chi connectivity index (χ0) is 13.5. The van der Waals surface area contributed by atoms with Gasteiger partial charge in [0.2, 0.25) is 5.91 Å². The van der Waals surface area contributed by atoms with Crippen LogP contribution in [0.1, 0.15) is 32.8 Å². The molecule has 0 aliphatic rings. The highest BCUT2D eigenvalue weighted by Gasteiger charge is 2.12. The molecular formula is C14H25N3O. The Hall–Kier alpha value is -1.29. The number of hydrogen-bond acceptors (Lipinski definition) is 2. The van der Waals surface area contributed by atoms with Crippen LogP contribution in [0.25, 0.3) is 0 Å². The largest absolute Gasteiger partial charge is 0.345 e. The van der Waals surface area contributed by atoms with E-state index in [2.05, 4.69) is 18.3 Å². The maximum absolute atomic E-state index is 11.9. The van der Waals surface area contributed by atoms with Gasteiger partial charge in [0.25, 0.3) is 0 Å². The van der Waals surface area contributed by atoms with E-state index in [1.54, 1.807) is 4.90 Å². The van der Waals surface area contributed by atoms with E-state index in [0.29, 0.717) is 6.54 Å². The van der Waals surface area contributed by atoms with Crippen molar-refractivity contribution in [2.24, 2.45) is 0 Å². The Balaban J connectivity index is 2.46. The molecule has 0 fully saturated rings. The molecule has 4 heteroatoms. The van der Waals surface area contributed by atoms with E-state index in [-0.39, 0.29) is 11.9 Å². The fourth-order valence-electron chi connectivity index (χ4n) is 1.66. The van der Waals surface area contributed by atoms with Crippen molar-refractivity contribution in [3.8, 4) is 0 Å². The summed E-state index contributed by atoms with van der Waals surface area (Å²) in [4.78, 5) is 13.7. The van der Waals surface area contributed by atoms with Crippen LogP contribution in [-0.4, -0.2) is 35.0 Å². The van der Waals surface area contributed by atoms with Gasteiger partial charge in [0.05, 0.1) is 0 Å². The molecule has 0 aliphatic carbocycles. The smallest absolute Gasteiger partial charge is 0.242 e. The molecule has 1 amide bonds. The fraction of sp³-hybridized carbons (Fsp3) is 0.643. The molecule has 1 N–H and O–H groups in total. The molecule has 0 unspecified atom stereocenters. The highest BCUT2D eigenvalue weighted by molar-refractivity contribution is 5.76. The summed E-state index contributed by atoms with van der Waals surface area (Å²) in [6.45, 7) is 8.51. The quantitative estimate of drug-likeness (QED) is 0.751. The fourth-order valence-corrected chi connectivity index (χ4v) is 1.66. The van der Waals surface area contributed by atoms with E-state index >= 15 is 0 Å². The van der Waals surface area contributed by atoms with Crippen LogP contribution < -0.4 is 5.32 Å². The van der Waals surface area contributed by atoms with Gasteiger partial charge in [0.1, 0.15) is 6.54 Å². The first kappa shape index (κ1) is 14.8. The van der Waals surface area contributed by atoms with Crippen LogP contribution in [0.3, 0.4) is 0 Å². The van der Waals surface area contributed by atoms with Gasteiger partial charge in [-0.05, 0) is 38.4 Å². The standard InChI is InChI=1S/C14H25N3O/c1-5-7-15-9-13-6-8-17(10-13)11-14(18)16(4)12(2)3/h6,8,10,12,15H,5,7,9,11H2,1-4H3. The van der Waals surface area contributed by atoms with E-state index in [0.717, 1.165) is 19.5 Å². The second kappa shape index (κ2) is 7.21. The summed E-state index contributed by atoms with van der Waals surface area (Å²) in [5.74, 6) is 0.147. The number of aromatic nitrogens is 1. The van der Waals surface area contributed by atoms with Gasteiger partial charge in [-0.1, -0.05) is 6.92 Å². The van der Waals surface area contributed by atoms with Gasteiger partial charge in [-0.15, -0.1) is 0 Å². The summed E-state index contributed by atoms with van der Waals surface area (Å²) in [6.07, 6.45) is 5.14. The minimum absolute atomic E-state index is 0.147. The summed E-state index contributed by atoms with van der Waals surface area (Å²) in [7, 11) is 1.85. The first-order valence-electron chi connectivity index (χ1n) is 6.65. The Bertz CT molecular complexity index is 371. The lowest BCUT2D eigenvalue weighted by atomic mass is 10.3. The molecule has 1 heterocycles. The topological polar surface area (TPSA) is 37.3 Å². The Morgan fingerprint density at radius 1 is 1.50 bits per heavy atom. The molecule has 102 valence electrons. The molecule has 4 nitrogen and oxygen atoms in total. The summed E-state index contributed by atoms with van der Waals surface area (Å²) < 4.78 is 1.95. The van der Waals surface area contributed by atoms with Crippen LogP contribution >= 0.6 is 0 Å². The third-order valence-electron chi connectivity index (χ3n) is 3.05. The molecule has 0 bridgehead atoms. The molecule has 1 aromatic heterocycles. The van der Waals surface area contributed by atoms with E-state index in [1.807, 2.05) is 37.9 Å². The Kier molecular flexibility index (Phi) is 5.92. The molecule has 0 atom stereocenters. The van der Waals surface area contributed by atoms with Crippen molar-refractivity contribution in [1.29, 1.82) is 0 Å². The van der Waals surface area contributed by atoms with Crippen LogP contribution in [0.4, 0.5) is 0 Å². The number of amides is 1. The monoisotopic (exact) mass is 251 g/mol. The molecule has 18 heavy (non-hydrogen) atoms. The highest BCUT2D eigenvalue weighted by Crippen LogP contribution is 2.03. The Labute approximate surface area is 110 Å². The summed E-state index contributed by atoms with van der Waals surface area (Å²) in [6, 6.07) is 2.31. The van der Waals surface area contributed by atoms with E-state index in [4.69, 9.17) is 0 Å². The minimum Gasteiger partial charge on any atom is -0.345 e. The van der Waals surface area contributed by atoms with Crippen LogP contribution in [-0.2, 0) is 17.9 Å². The lowest BCUT2D eigenvalue weighted by Gasteiger charge is -2.21. The maximum Gasteiger partial charge on any atom is 0.242 e.